The van der Waals surface area contributed by atoms with Crippen LogP contribution in [0.2, 0.25) is 0 Å². The van der Waals surface area contributed by atoms with E-state index in [2.05, 4.69) is 15.4 Å². The third-order valence-electron chi connectivity index (χ3n) is 5.82. The maximum absolute atomic E-state index is 13.0. The lowest BCUT2D eigenvalue weighted by Gasteiger charge is -2.28. The molecule has 0 unspecified atom stereocenters. The number of nitrogens with zero attached hydrogens (tertiary/aromatic N) is 5. The van der Waals surface area contributed by atoms with Crippen molar-refractivity contribution in [3.05, 3.63) is 84.3 Å². The molecular weight excluding hydrogens is 468 g/mol. The Balaban J connectivity index is 1.39. The van der Waals surface area contributed by atoms with Gasteiger partial charge >= 0.3 is 6.09 Å². The molecule has 5 rings (SSSR count). The van der Waals surface area contributed by atoms with Crippen LogP contribution in [0.3, 0.4) is 0 Å². The average molecular weight is 499 g/mol. The fourth-order valence-corrected chi connectivity index (χ4v) is 4.05. The van der Waals surface area contributed by atoms with Gasteiger partial charge in [-0.15, -0.1) is 0 Å². The van der Waals surface area contributed by atoms with Gasteiger partial charge in [0.25, 0.3) is 0 Å². The quantitative estimate of drug-likeness (QED) is 0.397. The number of aryl methyl sites for hydroxylation is 1. The zero-order chi connectivity index (χ0) is 26.0. The highest BCUT2D eigenvalue weighted by atomic mass is 16.6. The zero-order valence-electron chi connectivity index (χ0n) is 21.4. The molecule has 9 heteroatoms. The van der Waals surface area contributed by atoms with Gasteiger partial charge in [0.1, 0.15) is 23.3 Å². The fraction of sp³-hybridized carbons (Fsp3) is 0.286. The molecule has 0 fully saturated rings. The van der Waals surface area contributed by atoms with Gasteiger partial charge in [-0.1, -0.05) is 30.3 Å². The average Bonchev–Trinajstić information content (AvgIpc) is 3.20. The molecule has 0 saturated carbocycles. The van der Waals surface area contributed by atoms with E-state index in [0.29, 0.717) is 30.6 Å². The van der Waals surface area contributed by atoms with Crippen LogP contribution in [0, 0.1) is 0 Å². The second-order valence-corrected chi connectivity index (χ2v) is 10.00. The van der Waals surface area contributed by atoms with Gasteiger partial charge < -0.3 is 14.8 Å². The van der Waals surface area contributed by atoms with Gasteiger partial charge in [-0.3, -0.25) is 9.58 Å². The number of amides is 1. The summed E-state index contributed by atoms with van der Waals surface area (Å²) in [5, 5.41) is 7.46. The lowest BCUT2D eigenvalue weighted by Crippen LogP contribution is -2.38. The van der Waals surface area contributed by atoms with Gasteiger partial charge in [0.05, 0.1) is 19.3 Å². The Labute approximate surface area is 216 Å². The molecule has 190 valence electrons. The lowest BCUT2D eigenvalue weighted by atomic mass is 10.1. The highest BCUT2D eigenvalue weighted by Crippen LogP contribution is 2.32. The number of pyridine rings is 2. The van der Waals surface area contributed by atoms with Gasteiger partial charge in [-0.05, 0) is 50.6 Å². The van der Waals surface area contributed by atoms with E-state index in [4.69, 9.17) is 14.5 Å². The molecule has 0 spiro atoms. The van der Waals surface area contributed by atoms with Crippen LogP contribution >= 0.6 is 0 Å². The topological polar surface area (TPSA) is 94.4 Å². The third-order valence-corrected chi connectivity index (χ3v) is 5.82. The Morgan fingerprint density at radius 2 is 1.81 bits per heavy atom. The number of rotatable bonds is 4. The largest absolute Gasteiger partial charge is 0.467 e. The number of fused-ring (bicyclic) bond motifs is 1. The smallest absolute Gasteiger partial charge is 0.410 e. The minimum atomic E-state index is -0.596. The number of carbonyl (C=O) groups is 1. The number of benzene rings is 1. The highest BCUT2D eigenvalue weighted by Gasteiger charge is 2.31. The van der Waals surface area contributed by atoms with E-state index in [-0.39, 0.29) is 6.09 Å². The molecule has 1 amide bonds. The van der Waals surface area contributed by atoms with Crippen molar-refractivity contribution in [2.75, 3.05) is 11.9 Å². The van der Waals surface area contributed by atoms with Crippen molar-refractivity contribution in [2.45, 2.75) is 39.0 Å². The molecule has 1 N–H and O–H groups in total. The van der Waals surface area contributed by atoms with Crippen molar-refractivity contribution in [1.29, 1.82) is 0 Å². The molecule has 1 aliphatic heterocycles. The molecule has 37 heavy (non-hydrogen) atoms. The SMILES string of the molecule is Cn1cc(-c2ccc(Nc3ccc4c(n3)O[C@H](c3ccccc3)CN(C(=O)OC(C)(C)C)C4)nc2)cn1. The maximum Gasteiger partial charge on any atom is 0.410 e. The first kappa shape index (κ1) is 24.3. The summed E-state index contributed by atoms with van der Waals surface area (Å²) in [4.78, 5) is 23.9. The number of hydrogen-bond donors (Lipinski definition) is 1. The van der Waals surface area contributed by atoms with Crippen LogP contribution in [0.1, 0.15) is 38.0 Å². The Morgan fingerprint density at radius 1 is 1.03 bits per heavy atom. The van der Waals surface area contributed by atoms with E-state index in [1.807, 2.05) is 88.6 Å². The van der Waals surface area contributed by atoms with Crippen LogP contribution in [-0.2, 0) is 18.3 Å². The van der Waals surface area contributed by atoms with E-state index in [9.17, 15) is 4.79 Å². The standard InChI is InChI=1S/C28H30N6O3/c1-28(2,3)37-27(35)34-17-21-11-13-25(32-26(21)36-23(18-34)19-8-6-5-7-9-19)31-24-12-10-20(14-29-24)22-15-30-33(4)16-22/h5-16,23H,17-18H2,1-4H3,(H,29,31,32)/t23-/m0/s1. The molecule has 3 aromatic heterocycles. The second kappa shape index (κ2) is 9.93. The highest BCUT2D eigenvalue weighted by molar-refractivity contribution is 5.69. The van der Waals surface area contributed by atoms with Gasteiger partial charge in [-0.2, -0.15) is 10.1 Å². The van der Waals surface area contributed by atoms with E-state index in [0.717, 1.165) is 22.3 Å². The molecule has 0 aliphatic carbocycles. The Bertz CT molecular complexity index is 1380. The van der Waals surface area contributed by atoms with Crippen LogP contribution in [0.15, 0.2) is 73.2 Å². The zero-order valence-corrected chi connectivity index (χ0v) is 21.4. The van der Waals surface area contributed by atoms with Crippen molar-refractivity contribution in [1.82, 2.24) is 24.6 Å². The number of anilines is 2. The fourth-order valence-electron chi connectivity index (χ4n) is 4.05. The summed E-state index contributed by atoms with van der Waals surface area (Å²) < 4.78 is 13.8. The van der Waals surface area contributed by atoms with Crippen LogP contribution < -0.4 is 10.1 Å². The van der Waals surface area contributed by atoms with E-state index in [1.165, 1.54) is 0 Å². The van der Waals surface area contributed by atoms with Crippen molar-refractivity contribution in [3.63, 3.8) is 0 Å². The number of nitrogens with one attached hydrogen (secondary N) is 1. The first-order chi connectivity index (χ1) is 17.7. The Hall–Kier alpha value is -4.40. The summed E-state index contributed by atoms with van der Waals surface area (Å²) >= 11 is 0. The lowest BCUT2D eigenvalue weighted by molar-refractivity contribution is 0.0177. The molecule has 4 heterocycles. The summed E-state index contributed by atoms with van der Waals surface area (Å²) in [5.41, 5.74) is 3.14. The van der Waals surface area contributed by atoms with Gasteiger partial charge in [0, 0.05) is 36.1 Å². The number of ether oxygens (including phenoxy) is 2. The summed E-state index contributed by atoms with van der Waals surface area (Å²) in [7, 11) is 1.88. The second-order valence-electron chi connectivity index (χ2n) is 10.00. The van der Waals surface area contributed by atoms with Crippen LogP contribution in [0.25, 0.3) is 11.1 Å². The minimum Gasteiger partial charge on any atom is -0.467 e. The first-order valence-electron chi connectivity index (χ1n) is 12.1. The third kappa shape index (κ3) is 5.88. The number of aromatic nitrogens is 4. The van der Waals surface area contributed by atoms with E-state index < -0.39 is 11.7 Å². The molecule has 1 aliphatic rings. The number of hydrogen-bond acceptors (Lipinski definition) is 7. The van der Waals surface area contributed by atoms with Crippen LogP contribution in [0.5, 0.6) is 5.88 Å². The predicted octanol–water partition coefficient (Wildman–Crippen LogP) is 5.49. The van der Waals surface area contributed by atoms with Crippen molar-refractivity contribution in [3.8, 4) is 17.0 Å². The molecule has 0 bridgehead atoms. The van der Waals surface area contributed by atoms with Crippen molar-refractivity contribution in [2.24, 2.45) is 7.05 Å². The molecular formula is C28H30N6O3. The predicted molar refractivity (Wildman–Crippen MR) is 140 cm³/mol. The molecule has 4 aromatic rings. The van der Waals surface area contributed by atoms with Crippen molar-refractivity contribution >= 4 is 17.7 Å². The first-order valence-corrected chi connectivity index (χ1v) is 12.1. The normalized spacial score (nSPS) is 15.4. The molecule has 0 saturated heterocycles. The van der Waals surface area contributed by atoms with Gasteiger partial charge in [0.2, 0.25) is 5.88 Å². The summed E-state index contributed by atoms with van der Waals surface area (Å²) in [6.07, 6.45) is 4.77. The molecule has 0 radical (unpaired) electrons. The van der Waals surface area contributed by atoms with Gasteiger partial charge in [-0.25, -0.2) is 9.78 Å². The van der Waals surface area contributed by atoms with Gasteiger partial charge in [0.15, 0.2) is 0 Å². The summed E-state index contributed by atoms with van der Waals surface area (Å²) in [6, 6.07) is 17.5. The van der Waals surface area contributed by atoms with E-state index in [1.54, 1.807) is 22.0 Å². The maximum atomic E-state index is 13.0. The van der Waals surface area contributed by atoms with Crippen LogP contribution in [-0.4, -0.2) is 42.9 Å². The summed E-state index contributed by atoms with van der Waals surface area (Å²) in [6.45, 7) is 6.25. The Kier molecular flexibility index (Phi) is 6.52. The van der Waals surface area contributed by atoms with Crippen molar-refractivity contribution < 1.29 is 14.3 Å². The van der Waals surface area contributed by atoms with Crippen LogP contribution in [0.4, 0.5) is 16.4 Å². The minimum absolute atomic E-state index is 0.332. The monoisotopic (exact) mass is 498 g/mol. The summed E-state index contributed by atoms with van der Waals surface area (Å²) in [5.74, 6) is 1.72. The Morgan fingerprint density at radius 3 is 2.49 bits per heavy atom. The molecule has 9 nitrogen and oxygen atoms in total. The molecule has 1 atom stereocenters. The number of carbonyl (C=O) groups excluding carboxylic acids is 1. The molecule has 1 aromatic carbocycles. The van der Waals surface area contributed by atoms with E-state index >= 15 is 0 Å².